The maximum atomic E-state index is 12.1. The lowest BCUT2D eigenvalue weighted by Crippen LogP contribution is -2.50. The Balaban J connectivity index is 1.84. The summed E-state index contributed by atoms with van der Waals surface area (Å²) in [6.07, 6.45) is 2.86. The largest absolute Gasteiger partial charge is 0.357 e. The minimum Gasteiger partial charge on any atom is -0.357 e. The molecule has 7 heteroatoms. The summed E-state index contributed by atoms with van der Waals surface area (Å²) in [6.45, 7) is 13.4. The quantitative estimate of drug-likeness (QED) is 0.589. The number of rotatable bonds is 6. The van der Waals surface area contributed by atoms with Crippen molar-refractivity contribution in [3.8, 4) is 0 Å². The SMILES string of the molecule is CCNC(=NCCc1sc(C)nc1C)NC1CCN(C(=O)C(C)C)CC1. The van der Waals surface area contributed by atoms with Crippen molar-refractivity contribution in [3.05, 3.63) is 15.6 Å². The maximum Gasteiger partial charge on any atom is 0.225 e. The van der Waals surface area contributed by atoms with Crippen LogP contribution in [0.25, 0.3) is 0 Å². The molecule has 1 aliphatic heterocycles. The van der Waals surface area contributed by atoms with Crippen molar-refractivity contribution >= 4 is 23.2 Å². The normalized spacial score (nSPS) is 16.2. The van der Waals surface area contributed by atoms with Gasteiger partial charge in [0.05, 0.1) is 10.7 Å². The second-order valence-corrected chi connectivity index (χ2v) is 8.44. The summed E-state index contributed by atoms with van der Waals surface area (Å²) in [5, 5.41) is 7.99. The van der Waals surface area contributed by atoms with Crippen molar-refractivity contribution in [2.24, 2.45) is 10.9 Å². The van der Waals surface area contributed by atoms with Gasteiger partial charge in [-0.2, -0.15) is 0 Å². The number of piperidine rings is 1. The molecule has 0 saturated carbocycles. The van der Waals surface area contributed by atoms with Gasteiger partial charge in [0.15, 0.2) is 5.96 Å². The maximum absolute atomic E-state index is 12.1. The molecule has 1 saturated heterocycles. The van der Waals surface area contributed by atoms with Gasteiger partial charge in [0.2, 0.25) is 5.91 Å². The van der Waals surface area contributed by atoms with Crippen LogP contribution >= 0.6 is 11.3 Å². The van der Waals surface area contributed by atoms with Crippen LogP contribution in [0.3, 0.4) is 0 Å². The summed E-state index contributed by atoms with van der Waals surface area (Å²) in [6, 6.07) is 0.372. The van der Waals surface area contributed by atoms with Gasteiger partial charge in [-0.05, 0) is 33.6 Å². The van der Waals surface area contributed by atoms with Crippen LogP contribution in [0.2, 0.25) is 0 Å². The molecule has 2 rings (SSSR count). The lowest BCUT2D eigenvalue weighted by atomic mass is 10.0. The van der Waals surface area contributed by atoms with E-state index < -0.39 is 0 Å². The minimum atomic E-state index is 0.0808. The number of carbonyl (C=O) groups is 1. The summed E-state index contributed by atoms with van der Waals surface area (Å²) in [4.78, 5) is 24.6. The second kappa shape index (κ2) is 9.90. The zero-order valence-electron chi connectivity index (χ0n) is 16.8. The first kappa shape index (κ1) is 20.7. The van der Waals surface area contributed by atoms with E-state index in [0.29, 0.717) is 6.04 Å². The van der Waals surface area contributed by atoms with Crippen molar-refractivity contribution in [3.63, 3.8) is 0 Å². The molecule has 0 aliphatic carbocycles. The highest BCUT2D eigenvalue weighted by atomic mass is 32.1. The van der Waals surface area contributed by atoms with Gasteiger partial charge in [0.1, 0.15) is 0 Å². The molecule has 0 aromatic carbocycles. The zero-order valence-corrected chi connectivity index (χ0v) is 17.6. The second-order valence-electron chi connectivity index (χ2n) is 7.15. The third-order valence-corrected chi connectivity index (χ3v) is 5.73. The first-order chi connectivity index (χ1) is 12.4. The van der Waals surface area contributed by atoms with Crippen molar-refractivity contribution in [2.45, 2.75) is 59.9 Å². The lowest BCUT2D eigenvalue weighted by molar-refractivity contribution is -0.135. The molecule has 1 aromatic heterocycles. The van der Waals surface area contributed by atoms with Crippen LogP contribution in [0.1, 0.15) is 49.2 Å². The monoisotopic (exact) mass is 379 g/mol. The van der Waals surface area contributed by atoms with Gasteiger partial charge < -0.3 is 15.5 Å². The third kappa shape index (κ3) is 5.97. The smallest absolute Gasteiger partial charge is 0.225 e. The fraction of sp³-hybridized carbons (Fsp3) is 0.737. The number of hydrogen-bond acceptors (Lipinski definition) is 4. The lowest BCUT2D eigenvalue weighted by Gasteiger charge is -2.34. The Morgan fingerprint density at radius 2 is 2.04 bits per heavy atom. The van der Waals surface area contributed by atoms with E-state index in [0.717, 1.165) is 62.1 Å². The Kier molecular flexibility index (Phi) is 7.87. The van der Waals surface area contributed by atoms with E-state index in [4.69, 9.17) is 4.99 Å². The molecule has 26 heavy (non-hydrogen) atoms. The van der Waals surface area contributed by atoms with Gasteiger partial charge in [0, 0.05) is 49.4 Å². The van der Waals surface area contributed by atoms with E-state index in [2.05, 4.69) is 29.5 Å². The molecule has 0 radical (unpaired) electrons. The number of aliphatic imine (C=N–C) groups is 1. The topological polar surface area (TPSA) is 69.6 Å². The Hall–Kier alpha value is -1.63. The van der Waals surface area contributed by atoms with Gasteiger partial charge in [-0.15, -0.1) is 11.3 Å². The molecule has 0 bridgehead atoms. The highest BCUT2D eigenvalue weighted by Gasteiger charge is 2.24. The van der Waals surface area contributed by atoms with Crippen LogP contribution in [0.15, 0.2) is 4.99 Å². The van der Waals surface area contributed by atoms with Gasteiger partial charge in [0.25, 0.3) is 0 Å². The average Bonchev–Trinajstić information content (AvgIpc) is 2.92. The van der Waals surface area contributed by atoms with Crippen LogP contribution in [-0.4, -0.2) is 54.0 Å². The molecular weight excluding hydrogens is 346 g/mol. The number of nitrogens with zero attached hydrogens (tertiary/aromatic N) is 3. The van der Waals surface area contributed by atoms with E-state index in [1.54, 1.807) is 11.3 Å². The zero-order chi connectivity index (χ0) is 19.1. The molecule has 0 atom stereocenters. The number of carbonyl (C=O) groups excluding carboxylic acids is 1. The molecule has 1 fully saturated rings. The first-order valence-corrected chi connectivity index (χ1v) is 10.5. The Bertz CT molecular complexity index is 617. The highest BCUT2D eigenvalue weighted by Crippen LogP contribution is 2.17. The van der Waals surface area contributed by atoms with E-state index in [1.165, 1.54) is 4.88 Å². The molecular formula is C19H33N5OS. The number of nitrogens with one attached hydrogen (secondary N) is 2. The number of thiazole rings is 1. The summed E-state index contributed by atoms with van der Waals surface area (Å²) in [5.41, 5.74) is 1.13. The van der Waals surface area contributed by atoms with Crippen LogP contribution < -0.4 is 10.6 Å². The van der Waals surface area contributed by atoms with Crippen LogP contribution in [0, 0.1) is 19.8 Å². The number of aromatic nitrogens is 1. The fourth-order valence-electron chi connectivity index (χ4n) is 3.20. The molecule has 6 nitrogen and oxygen atoms in total. The summed E-state index contributed by atoms with van der Waals surface area (Å²) >= 11 is 1.76. The number of hydrogen-bond donors (Lipinski definition) is 2. The summed E-state index contributed by atoms with van der Waals surface area (Å²) in [5.74, 6) is 1.22. The molecule has 2 N–H and O–H groups in total. The van der Waals surface area contributed by atoms with Crippen LogP contribution in [0.4, 0.5) is 0 Å². The Morgan fingerprint density at radius 1 is 1.35 bits per heavy atom. The molecule has 1 aromatic rings. The molecule has 2 heterocycles. The van der Waals surface area contributed by atoms with Crippen LogP contribution in [-0.2, 0) is 11.2 Å². The van der Waals surface area contributed by atoms with E-state index in [-0.39, 0.29) is 11.8 Å². The van der Waals surface area contributed by atoms with Gasteiger partial charge in [-0.3, -0.25) is 9.79 Å². The minimum absolute atomic E-state index is 0.0808. The molecule has 146 valence electrons. The Labute approximate surface area is 161 Å². The average molecular weight is 380 g/mol. The fourth-order valence-corrected chi connectivity index (χ4v) is 4.12. The van der Waals surface area contributed by atoms with Crippen molar-refractivity contribution < 1.29 is 4.79 Å². The molecule has 1 aliphatic rings. The number of amides is 1. The van der Waals surface area contributed by atoms with E-state index in [9.17, 15) is 4.79 Å². The molecule has 1 amide bonds. The third-order valence-electron chi connectivity index (χ3n) is 4.59. The standard InChI is InChI=1S/C19H33N5OS/c1-6-20-19(21-10-7-17-14(4)22-15(5)26-17)23-16-8-11-24(12-9-16)18(25)13(2)3/h13,16H,6-12H2,1-5H3,(H2,20,21,23). The summed E-state index contributed by atoms with van der Waals surface area (Å²) in [7, 11) is 0. The number of aryl methyl sites for hydroxylation is 2. The van der Waals surface area contributed by atoms with E-state index >= 15 is 0 Å². The predicted molar refractivity (Wildman–Crippen MR) is 109 cm³/mol. The number of guanidine groups is 1. The van der Waals surface area contributed by atoms with Gasteiger partial charge in [-0.25, -0.2) is 4.98 Å². The first-order valence-electron chi connectivity index (χ1n) is 9.67. The number of likely N-dealkylation sites (tertiary alicyclic amines) is 1. The highest BCUT2D eigenvalue weighted by molar-refractivity contribution is 7.11. The van der Waals surface area contributed by atoms with Gasteiger partial charge >= 0.3 is 0 Å². The molecule has 0 spiro atoms. The van der Waals surface area contributed by atoms with Crippen molar-refractivity contribution in [1.82, 2.24) is 20.5 Å². The Morgan fingerprint density at radius 3 is 2.58 bits per heavy atom. The van der Waals surface area contributed by atoms with Crippen LogP contribution in [0.5, 0.6) is 0 Å². The predicted octanol–water partition coefficient (Wildman–Crippen LogP) is 2.50. The summed E-state index contributed by atoms with van der Waals surface area (Å²) < 4.78 is 0. The van der Waals surface area contributed by atoms with Crippen molar-refractivity contribution in [1.29, 1.82) is 0 Å². The van der Waals surface area contributed by atoms with Crippen molar-refractivity contribution in [2.75, 3.05) is 26.2 Å². The molecule has 0 unspecified atom stereocenters. The van der Waals surface area contributed by atoms with Gasteiger partial charge in [-0.1, -0.05) is 13.8 Å². The van der Waals surface area contributed by atoms with E-state index in [1.807, 2.05) is 25.7 Å².